The molecule has 1 saturated heterocycles. The summed E-state index contributed by atoms with van der Waals surface area (Å²) in [5.41, 5.74) is 2.44. The summed E-state index contributed by atoms with van der Waals surface area (Å²) in [6.07, 6.45) is 1.15. The van der Waals surface area contributed by atoms with Gasteiger partial charge in [0.25, 0.3) is 0 Å². The predicted molar refractivity (Wildman–Crippen MR) is 92.2 cm³/mol. The Labute approximate surface area is 132 Å². The van der Waals surface area contributed by atoms with E-state index >= 15 is 0 Å². The van der Waals surface area contributed by atoms with Crippen LogP contribution in [0.3, 0.4) is 0 Å². The third-order valence-electron chi connectivity index (χ3n) is 3.57. The predicted octanol–water partition coefficient (Wildman–Crippen LogP) is 4.17. The van der Waals surface area contributed by atoms with Crippen molar-refractivity contribution in [2.45, 2.75) is 38.5 Å². The molecule has 0 atom stereocenters. The summed E-state index contributed by atoms with van der Waals surface area (Å²) in [6, 6.07) is 6.49. The molecule has 2 rings (SSSR count). The van der Waals surface area contributed by atoms with Crippen molar-refractivity contribution in [3.63, 3.8) is 0 Å². The van der Waals surface area contributed by atoms with Crippen LogP contribution >= 0.6 is 23.4 Å². The molecular weight excluding hydrogens is 288 g/mol. The molecule has 0 spiro atoms. The summed E-state index contributed by atoms with van der Waals surface area (Å²) in [7, 11) is 0. The third kappa shape index (κ3) is 4.31. The van der Waals surface area contributed by atoms with Gasteiger partial charge in [0.15, 0.2) is 0 Å². The Bertz CT molecular complexity index is 448. The quantitative estimate of drug-likeness (QED) is 0.821. The first kappa shape index (κ1) is 16.0. The third-order valence-corrected chi connectivity index (χ3v) is 5.22. The Morgan fingerprint density at radius 3 is 2.85 bits per heavy atom. The highest BCUT2D eigenvalue weighted by Gasteiger charge is 2.27. The molecule has 1 aromatic rings. The second-order valence-corrected chi connectivity index (χ2v) is 8.19. The van der Waals surface area contributed by atoms with E-state index in [0.717, 1.165) is 37.6 Å². The van der Waals surface area contributed by atoms with Crippen molar-refractivity contribution in [2.24, 2.45) is 0 Å². The van der Waals surface area contributed by atoms with Gasteiger partial charge >= 0.3 is 0 Å². The number of nitrogens with zero attached hydrogens (tertiary/aromatic N) is 1. The summed E-state index contributed by atoms with van der Waals surface area (Å²) in [5.74, 6) is 1.18. The lowest BCUT2D eigenvalue weighted by Gasteiger charge is -2.39. The van der Waals surface area contributed by atoms with Crippen molar-refractivity contribution in [3.05, 3.63) is 28.8 Å². The topological polar surface area (TPSA) is 15.3 Å². The summed E-state index contributed by atoms with van der Waals surface area (Å²) in [5, 5.41) is 4.28. The summed E-state index contributed by atoms with van der Waals surface area (Å²) in [4.78, 5) is 2.45. The van der Waals surface area contributed by atoms with Crippen LogP contribution in [0, 0.1) is 0 Å². The van der Waals surface area contributed by atoms with E-state index in [1.807, 2.05) is 0 Å². The van der Waals surface area contributed by atoms with Crippen LogP contribution in [0.5, 0.6) is 0 Å². The van der Waals surface area contributed by atoms with Crippen molar-refractivity contribution in [3.8, 4) is 0 Å². The molecule has 1 fully saturated rings. The van der Waals surface area contributed by atoms with Crippen molar-refractivity contribution in [1.82, 2.24) is 5.32 Å². The average Bonchev–Trinajstić information content (AvgIpc) is 2.39. The molecule has 0 amide bonds. The smallest absolute Gasteiger partial charge is 0.0471 e. The molecule has 0 radical (unpaired) electrons. The maximum Gasteiger partial charge on any atom is 0.0471 e. The van der Waals surface area contributed by atoms with Gasteiger partial charge < -0.3 is 10.2 Å². The molecule has 2 nitrogen and oxygen atoms in total. The van der Waals surface area contributed by atoms with Crippen molar-refractivity contribution >= 4 is 29.1 Å². The Kier molecular flexibility index (Phi) is 5.65. The Morgan fingerprint density at radius 2 is 2.20 bits per heavy atom. The van der Waals surface area contributed by atoms with Gasteiger partial charge in [0, 0.05) is 40.8 Å². The molecule has 0 bridgehead atoms. The maximum atomic E-state index is 6.43. The lowest BCUT2D eigenvalue weighted by Crippen LogP contribution is -2.43. The van der Waals surface area contributed by atoms with Crippen molar-refractivity contribution in [1.29, 1.82) is 0 Å². The van der Waals surface area contributed by atoms with Gasteiger partial charge in [-0.3, -0.25) is 0 Å². The first-order valence-electron chi connectivity index (χ1n) is 7.40. The average molecular weight is 313 g/mol. The molecular formula is C16H25ClN2S. The SMILES string of the molecule is CCCNCc1ccc(N2CCSC(C)(C)C2)cc1Cl. The summed E-state index contributed by atoms with van der Waals surface area (Å²) in [6.45, 7) is 10.9. The van der Waals surface area contributed by atoms with E-state index in [9.17, 15) is 0 Å². The number of anilines is 1. The van der Waals surface area contributed by atoms with Gasteiger partial charge in [0.2, 0.25) is 0 Å². The molecule has 1 aliphatic heterocycles. The molecule has 0 aromatic heterocycles. The van der Waals surface area contributed by atoms with Crippen LogP contribution in [-0.2, 0) is 6.54 Å². The first-order chi connectivity index (χ1) is 9.52. The molecule has 1 heterocycles. The molecule has 0 unspecified atom stereocenters. The molecule has 112 valence electrons. The molecule has 1 aromatic carbocycles. The summed E-state index contributed by atoms with van der Waals surface area (Å²) >= 11 is 8.48. The van der Waals surface area contributed by atoms with Crippen LogP contribution in [0.4, 0.5) is 5.69 Å². The van der Waals surface area contributed by atoms with Crippen LogP contribution in [0.1, 0.15) is 32.8 Å². The standard InChI is InChI=1S/C16H25ClN2S/c1-4-7-18-11-13-5-6-14(10-15(13)17)19-8-9-20-16(2,3)12-19/h5-6,10,18H,4,7-9,11-12H2,1-3H3. The highest BCUT2D eigenvalue weighted by atomic mass is 35.5. The molecule has 20 heavy (non-hydrogen) atoms. The van der Waals surface area contributed by atoms with Crippen LogP contribution in [0.15, 0.2) is 18.2 Å². The zero-order chi connectivity index (χ0) is 14.6. The van der Waals surface area contributed by atoms with E-state index in [0.29, 0.717) is 4.75 Å². The Hall–Kier alpha value is -0.380. The van der Waals surface area contributed by atoms with Gasteiger partial charge in [-0.1, -0.05) is 24.6 Å². The summed E-state index contributed by atoms with van der Waals surface area (Å²) < 4.78 is 0.325. The van der Waals surface area contributed by atoms with Crippen LogP contribution in [0.25, 0.3) is 0 Å². The molecule has 4 heteroatoms. The van der Waals surface area contributed by atoms with E-state index in [-0.39, 0.29) is 0 Å². The molecule has 1 aliphatic rings. The van der Waals surface area contributed by atoms with Crippen molar-refractivity contribution < 1.29 is 0 Å². The lowest BCUT2D eigenvalue weighted by molar-refractivity contribution is 0.647. The zero-order valence-corrected chi connectivity index (χ0v) is 14.3. The fraction of sp³-hybridized carbons (Fsp3) is 0.625. The van der Waals surface area contributed by atoms with Gasteiger partial charge in [0.05, 0.1) is 0 Å². The largest absolute Gasteiger partial charge is 0.369 e. The number of benzene rings is 1. The minimum absolute atomic E-state index is 0.325. The highest BCUT2D eigenvalue weighted by molar-refractivity contribution is 8.00. The minimum Gasteiger partial charge on any atom is -0.369 e. The Morgan fingerprint density at radius 1 is 1.40 bits per heavy atom. The van der Waals surface area contributed by atoms with Gasteiger partial charge in [-0.15, -0.1) is 0 Å². The number of rotatable bonds is 5. The molecule has 1 N–H and O–H groups in total. The van der Waals surface area contributed by atoms with Crippen LogP contribution in [-0.4, -0.2) is 30.1 Å². The number of hydrogen-bond acceptors (Lipinski definition) is 3. The van der Waals surface area contributed by atoms with Gasteiger partial charge in [0.1, 0.15) is 0 Å². The van der Waals surface area contributed by atoms with E-state index in [1.165, 1.54) is 17.0 Å². The fourth-order valence-electron chi connectivity index (χ4n) is 2.51. The van der Waals surface area contributed by atoms with E-state index < -0.39 is 0 Å². The molecule has 0 saturated carbocycles. The van der Waals surface area contributed by atoms with Crippen LogP contribution in [0.2, 0.25) is 5.02 Å². The van der Waals surface area contributed by atoms with E-state index in [2.05, 4.69) is 60.9 Å². The number of halogens is 1. The van der Waals surface area contributed by atoms with E-state index in [1.54, 1.807) is 0 Å². The first-order valence-corrected chi connectivity index (χ1v) is 8.76. The monoisotopic (exact) mass is 312 g/mol. The maximum absolute atomic E-state index is 6.43. The fourth-order valence-corrected chi connectivity index (χ4v) is 3.87. The van der Waals surface area contributed by atoms with Gasteiger partial charge in [-0.25, -0.2) is 0 Å². The van der Waals surface area contributed by atoms with Gasteiger partial charge in [-0.05, 0) is 44.5 Å². The Balaban J connectivity index is 2.04. The van der Waals surface area contributed by atoms with Crippen molar-refractivity contribution in [2.75, 3.05) is 30.3 Å². The number of thioether (sulfide) groups is 1. The highest BCUT2D eigenvalue weighted by Crippen LogP contribution is 2.33. The zero-order valence-electron chi connectivity index (χ0n) is 12.7. The number of hydrogen-bond donors (Lipinski definition) is 1. The second kappa shape index (κ2) is 7.06. The minimum atomic E-state index is 0.325. The second-order valence-electron chi connectivity index (χ2n) is 5.98. The van der Waals surface area contributed by atoms with E-state index in [4.69, 9.17) is 11.6 Å². The lowest BCUT2D eigenvalue weighted by atomic mass is 10.1. The van der Waals surface area contributed by atoms with Crippen LogP contribution < -0.4 is 10.2 Å². The van der Waals surface area contributed by atoms with Gasteiger partial charge in [-0.2, -0.15) is 11.8 Å². The number of nitrogens with one attached hydrogen (secondary N) is 1. The molecule has 0 aliphatic carbocycles. The normalized spacial score (nSPS) is 18.3.